The third kappa shape index (κ3) is 2.88. The molecule has 114 valence electrons. The van der Waals surface area contributed by atoms with Crippen LogP contribution in [0.3, 0.4) is 0 Å². The minimum atomic E-state index is -3.52. The summed E-state index contributed by atoms with van der Waals surface area (Å²) >= 11 is 0. The quantitative estimate of drug-likeness (QED) is 0.836. The predicted molar refractivity (Wildman–Crippen MR) is 75.0 cm³/mol. The van der Waals surface area contributed by atoms with Crippen molar-refractivity contribution in [3.63, 3.8) is 0 Å². The number of ether oxygens (including phenoxy) is 1. The van der Waals surface area contributed by atoms with Crippen molar-refractivity contribution in [2.24, 2.45) is 5.73 Å². The molecule has 0 saturated carbocycles. The molecular weight excluding hydrogens is 280 g/mol. The lowest BCUT2D eigenvalue weighted by Crippen LogP contribution is -2.34. The molecule has 20 heavy (non-hydrogen) atoms. The van der Waals surface area contributed by atoms with E-state index in [-0.39, 0.29) is 0 Å². The number of hydrogen-bond donors (Lipinski definition) is 1. The minimum Gasteiger partial charge on any atom is -0.380 e. The zero-order valence-electron chi connectivity index (χ0n) is 12.0. The molecular formula is C12H22N4O3S. The van der Waals surface area contributed by atoms with E-state index >= 15 is 0 Å². The molecule has 1 fully saturated rings. The van der Waals surface area contributed by atoms with Gasteiger partial charge in [-0.05, 0) is 20.3 Å². The lowest BCUT2D eigenvalue weighted by Gasteiger charge is -2.19. The maximum atomic E-state index is 12.8. The molecule has 0 spiro atoms. The third-order valence-corrected chi connectivity index (χ3v) is 5.59. The summed E-state index contributed by atoms with van der Waals surface area (Å²) in [6.45, 7) is 6.37. The van der Waals surface area contributed by atoms with Gasteiger partial charge in [0, 0.05) is 26.2 Å². The van der Waals surface area contributed by atoms with Gasteiger partial charge in [-0.25, -0.2) is 8.42 Å². The Morgan fingerprint density at radius 3 is 2.75 bits per heavy atom. The zero-order chi connectivity index (χ0) is 14.8. The number of sulfonamides is 1. The summed E-state index contributed by atoms with van der Waals surface area (Å²) in [5.41, 5.74) is 6.70. The normalized spacial score (nSPS) is 18.1. The molecule has 8 heteroatoms. The van der Waals surface area contributed by atoms with Crippen molar-refractivity contribution < 1.29 is 13.2 Å². The summed E-state index contributed by atoms with van der Waals surface area (Å²) in [5, 5.41) is 4.28. The Kier molecular flexibility index (Phi) is 4.79. The van der Waals surface area contributed by atoms with Gasteiger partial charge in [-0.2, -0.15) is 9.40 Å². The highest BCUT2D eigenvalue weighted by Gasteiger charge is 2.31. The summed E-state index contributed by atoms with van der Waals surface area (Å²) in [6.07, 6.45) is 0.717. The SMILES string of the molecule is Cc1nn(CCN)c(C)c1S(=O)(=O)N1CCCOCC1. The second-order valence-corrected chi connectivity index (χ2v) is 6.76. The van der Waals surface area contributed by atoms with Crippen LogP contribution in [0.2, 0.25) is 0 Å². The average Bonchev–Trinajstić information content (AvgIpc) is 2.61. The van der Waals surface area contributed by atoms with Crippen LogP contribution in [0, 0.1) is 13.8 Å². The molecule has 0 aliphatic carbocycles. The summed E-state index contributed by atoms with van der Waals surface area (Å²) < 4.78 is 34.0. The van der Waals surface area contributed by atoms with Crippen molar-refractivity contribution in [2.75, 3.05) is 32.8 Å². The van der Waals surface area contributed by atoms with E-state index in [0.717, 1.165) is 0 Å². The molecule has 2 heterocycles. The number of nitrogens with two attached hydrogens (primary N) is 1. The highest BCUT2D eigenvalue weighted by molar-refractivity contribution is 7.89. The van der Waals surface area contributed by atoms with Gasteiger partial charge in [0.05, 0.1) is 24.5 Å². The van der Waals surface area contributed by atoms with Crippen molar-refractivity contribution in [3.05, 3.63) is 11.4 Å². The van der Waals surface area contributed by atoms with Crippen molar-refractivity contribution >= 4 is 10.0 Å². The largest absolute Gasteiger partial charge is 0.380 e. The first-order valence-corrected chi connectivity index (χ1v) is 8.24. The minimum absolute atomic E-state index is 0.313. The number of nitrogens with zero attached hydrogens (tertiary/aromatic N) is 3. The lowest BCUT2D eigenvalue weighted by molar-refractivity contribution is 0.148. The van der Waals surface area contributed by atoms with E-state index in [1.54, 1.807) is 18.5 Å². The van der Waals surface area contributed by atoms with E-state index in [0.29, 0.717) is 62.1 Å². The maximum absolute atomic E-state index is 12.8. The van der Waals surface area contributed by atoms with Gasteiger partial charge >= 0.3 is 0 Å². The van der Waals surface area contributed by atoms with Crippen LogP contribution in [-0.2, 0) is 21.3 Å². The first-order valence-electron chi connectivity index (χ1n) is 6.80. The van der Waals surface area contributed by atoms with E-state index in [9.17, 15) is 8.42 Å². The maximum Gasteiger partial charge on any atom is 0.246 e. The van der Waals surface area contributed by atoms with E-state index in [1.807, 2.05) is 0 Å². The number of hydrogen-bond acceptors (Lipinski definition) is 5. The molecule has 1 aromatic rings. The molecule has 2 rings (SSSR count). The Balaban J connectivity index is 2.38. The molecule has 1 aromatic heterocycles. The Hall–Kier alpha value is -0.960. The zero-order valence-corrected chi connectivity index (χ0v) is 12.8. The van der Waals surface area contributed by atoms with E-state index < -0.39 is 10.0 Å². The molecule has 0 unspecified atom stereocenters. The molecule has 0 amide bonds. The monoisotopic (exact) mass is 302 g/mol. The van der Waals surface area contributed by atoms with Crippen molar-refractivity contribution in [1.82, 2.24) is 14.1 Å². The molecule has 0 atom stereocenters. The van der Waals surface area contributed by atoms with Crippen LogP contribution in [0.25, 0.3) is 0 Å². The molecule has 2 N–H and O–H groups in total. The number of rotatable bonds is 4. The van der Waals surface area contributed by atoms with Crippen molar-refractivity contribution in [3.8, 4) is 0 Å². The highest BCUT2D eigenvalue weighted by atomic mass is 32.2. The van der Waals surface area contributed by atoms with Gasteiger partial charge in [0.15, 0.2) is 0 Å². The van der Waals surface area contributed by atoms with E-state index in [2.05, 4.69) is 5.10 Å². The van der Waals surface area contributed by atoms with Gasteiger partial charge in [0.25, 0.3) is 0 Å². The summed E-state index contributed by atoms with van der Waals surface area (Å²) in [5.74, 6) is 0. The Morgan fingerprint density at radius 2 is 2.05 bits per heavy atom. The Labute approximate surface area is 119 Å². The molecule has 0 bridgehead atoms. The first-order chi connectivity index (χ1) is 9.48. The van der Waals surface area contributed by atoms with Crippen molar-refractivity contribution in [2.45, 2.75) is 31.7 Å². The molecule has 1 aliphatic rings. The average molecular weight is 302 g/mol. The van der Waals surface area contributed by atoms with Crippen LogP contribution in [0.4, 0.5) is 0 Å². The first kappa shape index (κ1) is 15.4. The van der Waals surface area contributed by atoms with Crippen molar-refractivity contribution in [1.29, 1.82) is 0 Å². The second-order valence-electron chi connectivity index (χ2n) is 4.88. The summed E-state index contributed by atoms with van der Waals surface area (Å²) in [7, 11) is -3.52. The van der Waals surface area contributed by atoms with Crippen LogP contribution in [0.15, 0.2) is 4.90 Å². The topological polar surface area (TPSA) is 90.5 Å². The van der Waals surface area contributed by atoms with Crippen LogP contribution >= 0.6 is 0 Å². The van der Waals surface area contributed by atoms with Crippen LogP contribution < -0.4 is 5.73 Å². The smallest absolute Gasteiger partial charge is 0.246 e. The predicted octanol–water partition coefficient (Wildman–Crippen LogP) is -0.130. The van der Waals surface area contributed by atoms with Crippen LogP contribution in [0.5, 0.6) is 0 Å². The highest BCUT2D eigenvalue weighted by Crippen LogP contribution is 2.24. The van der Waals surface area contributed by atoms with E-state index in [4.69, 9.17) is 10.5 Å². The summed E-state index contributed by atoms with van der Waals surface area (Å²) in [6, 6.07) is 0. The van der Waals surface area contributed by atoms with Gasteiger partial charge < -0.3 is 10.5 Å². The standard InChI is InChI=1S/C12H22N4O3S/c1-10-12(11(2)16(14-10)6-4-13)20(17,18)15-5-3-8-19-9-7-15/h3-9,13H2,1-2H3. The fraction of sp³-hybridized carbons (Fsp3) is 0.750. The van der Waals surface area contributed by atoms with Gasteiger partial charge in [-0.15, -0.1) is 0 Å². The van der Waals surface area contributed by atoms with Gasteiger partial charge in [0.1, 0.15) is 4.90 Å². The fourth-order valence-electron chi connectivity index (χ4n) is 2.49. The fourth-order valence-corrected chi connectivity index (χ4v) is 4.32. The third-order valence-electron chi connectivity index (χ3n) is 3.44. The Bertz CT molecular complexity index is 560. The van der Waals surface area contributed by atoms with Gasteiger partial charge in [-0.3, -0.25) is 4.68 Å². The van der Waals surface area contributed by atoms with E-state index in [1.165, 1.54) is 4.31 Å². The molecule has 0 radical (unpaired) electrons. The Morgan fingerprint density at radius 1 is 1.30 bits per heavy atom. The van der Waals surface area contributed by atoms with Crippen LogP contribution in [0.1, 0.15) is 17.8 Å². The molecule has 7 nitrogen and oxygen atoms in total. The second kappa shape index (κ2) is 6.21. The lowest BCUT2D eigenvalue weighted by atomic mass is 10.4. The van der Waals surface area contributed by atoms with Crippen LogP contribution in [-0.4, -0.2) is 55.4 Å². The molecule has 1 saturated heterocycles. The van der Waals surface area contributed by atoms with Gasteiger partial charge in [-0.1, -0.05) is 0 Å². The summed E-state index contributed by atoms with van der Waals surface area (Å²) in [4.78, 5) is 0.313. The number of aryl methyl sites for hydroxylation is 1. The van der Waals surface area contributed by atoms with Gasteiger partial charge in [0.2, 0.25) is 10.0 Å². The molecule has 1 aliphatic heterocycles. The molecule has 0 aromatic carbocycles. The number of aromatic nitrogens is 2.